The van der Waals surface area contributed by atoms with E-state index in [4.69, 9.17) is 14.3 Å². The lowest BCUT2D eigenvalue weighted by Gasteiger charge is -2.14. The Hall–Kier alpha value is -3.92. The lowest BCUT2D eigenvalue weighted by Crippen LogP contribution is -2.20. The Morgan fingerprint density at radius 2 is 1.85 bits per heavy atom. The molecule has 0 heterocycles. The Morgan fingerprint density at radius 1 is 1.09 bits per heavy atom. The van der Waals surface area contributed by atoms with Crippen molar-refractivity contribution in [1.82, 2.24) is 0 Å². The molecular weight excluding hydrogens is 506 g/mol. The van der Waals surface area contributed by atoms with Crippen LogP contribution < -0.4 is 14.8 Å². The molecule has 3 aromatic carbocycles. The number of benzene rings is 3. The van der Waals surface area contributed by atoms with Gasteiger partial charge in [0.2, 0.25) is 0 Å². The zero-order valence-corrected chi connectivity index (χ0v) is 19.9. The summed E-state index contributed by atoms with van der Waals surface area (Å²) in [4.78, 5) is 27.9. The molecular formula is C24H22BrN3O6. The third-order valence-corrected chi connectivity index (χ3v) is 5.08. The molecule has 0 aliphatic heterocycles. The number of para-hydroxylation sites is 1. The first-order chi connectivity index (χ1) is 16.5. The van der Waals surface area contributed by atoms with Crippen molar-refractivity contribution in [2.75, 3.05) is 18.5 Å². The van der Waals surface area contributed by atoms with Gasteiger partial charge >= 0.3 is 0 Å². The number of hydrogen-bond acceptors (Lipinski definition) is 7. The number of carbonyl (C=O) groups excluding carboxylic acids is 1. The summed E-state index contributed by atoms with van der Waals surface area (Å²) in [6.45, 7) is 2.12. The Bertz CT molecular complexity index is 1170. The number of nitro groups is 1. The average molecular weight is 528 g/mol. The van der Waals surface area contributed by atoms with Crippen LogP contribution in [0.15, 0.2) is 76.4 Å². The molecule has 0 aromatic heterocycles. The molecule has 3 aromatic rings. The van der Waals surface area contributed by atoms with Crippen molar-refractivity contribution in [3.8, 4) is 11.5 Å². The number of oxime groups is 1. The molecule has 0 unspecified atom stereocenters. The van der Waals surface area contributed by atoms with Crippen LogP contribution in [0.1, 0.15) is 18.1 Å². The van der Waals surface area contributed by atoms with Crippen LogP contribution in [0.4, 0.5) is 11.4 Å². The maximum atomic E-state index is 12.2. The van der Waals surface area contributed by atoms with Crippen LogP contribution in [0.3, 0.4) is 0 Å². The highest BCUT2D eigenvalue weighted by Gasteiger charge is 2.12. The fourth-order valence-electron chi connectivity index (χ4n) is 2.86. The highest BCUT2D eigenvalue weighted by molar-refractivity contribution is 9.10. The predicted molar refractivity (Wildman–Crippen MR) is 131 cm³/mol. The summed E-state index contributed by atoms with van der Waals surface area (Å²) in [5, 5.41) is 17.6. The summed E-state index contributed by atoms with van der Waals surface area (Å²) in [5.74, 6) is 0.537. The number of anilines is 1. The van der Waals surface area contributed by atoms with Crippen LogP contribution >= 0.6 is 15.9 Å². The van der Waals surface area contributed by atoms with E-state index in [9.17, 15) is 14.9 Å². The highest BCUT2D eigenvalue weighted by Crippen LogP contribution is 2.33. The molecule has 3 rings (SSSR count). The van der Waals surface area contributed by atoms with Crippen LogP contribution in [-0.2, 0) is 16.2 Å². The van der Waals surface area contributed by atoms with Crippen molar-refractivity contribution in [2.45, 2.75) is 13.5 Å². The number of halogens is 1. The van der Waals surface area contributed by atoms with Gasteiger partial charge in [-0.2, -0.15) is 0 Å². The third kappa shape index (κ3) is 7.31. The molecule has 0 saturated carbocycles. The van der Waals surface area contributed by atoms with E-state index < -0.39 is 4.92 Å². The number of nitrogens with zero attached hydrogens (tertiary/aromatic N) is 2. The molecule has 0 aliphatic carbocycles. The monoisotopic (exact) mass is 527 g/mol. The first kappa shape index (κ1) is 24.7. The molecule has 10 heteroatoms. The minimum atomic E-state index is -0.464. The van der Waals surface area contributed by atoms with Gasteiger partial charge in [-0.05, 0) is 52.7 Å². The van der Waals surface area contributed by atoms with Gasteiger partial charge in [-0.25, -0.2) is 0 Å². The van der Waals surface area contributed by atoms with Crippen molar-refractivity contribution in [2.24, 2.45) is 5.16 Å². The summed E-state index contributed by atoms with van der Waals surface area (Å²) in [5.41, 5.74) is 1.95. The van der Waals surface area contributed by atoms with E-state index in [1.54, 1.807) is 36.4 Å². The number of nitro benzene ring substituents is 1. The predicted octanol–water partition coefficient (Wildman–Crippen LogP) is 5.32. The fraction of sp³-hybridized carbons (Fsp3) is 0.167. The molecule has 0 radical (unpaired) electrons. The fourth-order valence-corrected chi connectivity index (χ4v) is 3.28. The quantitative estimate of drug-likeness (QED) is 0.205. The maximum Gasteiger partial charge on any atom is 0.269 e. The van der Waals surface area contributed by atoms with Gasteiger partial charge in [0.15, 0.2) is 18.1 Å². The summed E-state index contributed by atoms with van der Waals surface area (Å²) in [6.07, 6.45) is 1.48. The lowest BCUT2D eigenvalue weighted by molar-refractivity contribution is -0.384. The SMILES string of the molecule is CCOc1cc(/C=N\OCc2cccc([N+](=O)[O-])c2)c(Br)cc1OCC(=O)Nc1ccccc1. The smallest absolute Gasteiger partial charge is 0.269 e. The molecule has 1 N–H and O–H groups in total. The van der Waals surface area contributed by atoms with Crippen LogP contribution in [0, 0.1) is 10.1 Å². The lowest BCUT2D eigenvalue weighted by atomic mass is 10.2. The first-order valence-electron chi connectivity index (χ1n) is 10.3. The van der Waals surface area contributed by atoms with Crippen molar-refractivity contribution >= 4 is 39.4 Å². The molecule has 34 heavy (non-hydrogen) atoms. The molecule has 0 bridgehead atoms. The van der Waals surface area contributed by atoms with E-state index in [-0.39, 0.29) is 24.8 Å². The molecule has 0 fully saturated rings. The standard InChI is InChI=1S/C24H22BrN3O6/c1-2-32-22-12-18(14-26-34-15-17-7-6-10-20(11-17)28(30)31)21(25)13-23(22)33-16-24(29)27-19-8-4-3-5-9-19/h3-14H,2,15-16H2,1H3,(H,27,29)/b26-14-. The minimum Gasteiger partial charge on any atom is -0.490 e. The van der Waals surface area contributed by atoms with Gasteiger partial charge in [-0.3, -0.25) is 14.9 Å². The van der Waals surface area contributed by atoms with Crippen molar-refractivity contribution in [1.29, 1.82) is 0 Å². The van der Waals surface area contributed by atoms with Gasteiger partial charge in [0.1, 0.15) is 6.61 Å². The zero-order valence-electron chi connectivity index (χ0n) is 18.3. The van der Waals surface area contributed by atoms with Crippen molar-refractivity contribution < 1.29 is 24.0 Å². The second-order valence-corrected chi connectivity index (χ2v) is 7.75. The van der Waals surface area contributed by atoms with Crippen molar-refractivity contribution in [3.05, 3.63) is 92.4 Å². The first-order valence-corrected chi connectivity index (χ1v) is 11.1. The largest absolute Gasteiger partial charge is 0.490 e. The number of non-ortho nitro benzene ring substituents is 1. The van der Waals surface area contributed by atoms with Gasteiger partial charge in [0, 0.05) is 27.9 Å². The number of nitrogens with one attached hydrogen (secondary N) is 1. The molecule has 0 spiro atoms. The van der Waals surface area contributed by atoms with Gasteiger partial charge in [0.25, 0.3) is 11.6 Å². The van der Waals surface area contributed by atoms with Crippen LogP contribution in [0.2, 0.25) is 0 Å². The zero-order chi connectivity index (χ0) is 24.3. The van der Waals surface area contributed by atoms with Crippen LogP contribution in [-0.4, -0.2) is 30.3 Å². The number of rotatable bonds is 11. The number of hydrogen-bond donors (Lipinski definition) is 1. The van der Waals surface area contributed by atoms with Crippen molar-refractivity contribution in [3.63, 3.8) is 0 Å². The summed E-state index contributed by atoms with van der Waals surface area (Å²) >= 11 is 3.46. The Morgan fingerprint density at radius 3 is 2.59 bits per heavy atom. The Labute approximate surface area is 204 Å². The van der Waals surface area contributed by atoms with Gasteiger partial charge in [-0.1, -0.05) is 35.5 Å². The molecule has 1 amide bonds. The molecule has 0 atom stereocenters. The van der Waals surface area contributed by atoms with E-state index in [0.717, 1.165) is 0 Å². The second kappa shape index (κ2) is 12.4. The van der Waals surface area contributed by atoms with Gasteiger partial charge in [-0.15, -0.1) is 0 Å². The molecule has 176 valence electrons. The number of amides is 1. The summed E-state index contributed by atoms with van der Waals surface area (Å²) in [7, 11) is 0. The molecule has 0 aliphatic rings. The normalized spacial score (nSPS) is 10.6. The van der Waals surface area contributed by atoms with Crippen LogP contribution in [0.5, 0.6) is 11.5 Å². The highest BCUT2D eigenvalue weighted by atomic mass is 79.9. The van der Waals surface area contributed by atoms with E-state index >= 15 is 0 Å². The maximum absolute atomic E-state index is 12.2. The van der Waals surface area contributed by atoms with E-state index in [1.165, 1.54) is 18.3 Å². The van der Waals surface area contributed by atoms with E-state index in [2.05, 4.69) is 26.4 Å². The van der Waals surface area contributed by atoms with Gasteiger partial charge in [0.05, 0.1) is 17.7 Å². The third-order valence-electron chi connectivity index (χ3n) is 4.40. The topological polar surface area (TPSA) is 112 Å². The average Bonchev–Trinajstić information content (AvgIpc) is 2.83. The Kier molecular flexibility index (Phi) is 8.98. The second-order valence-electron chi connectivity index (χ2n) is 6.89. The molecule has 9 nitrogen and oxygen atoms in total. The van der Waals surface area contributed by atoms with E-state index in [0.29, 0.717) is 39.4 Å². The molecule has 0 saturated heterocycles. The summed E-state index contributed by atoms with van der Waals surface area (Å²) < 4.78 is 12.0. The van der Waals surface area contributed by atoms with Crippen LogP contribution in [0.25, 0.3) is 0 Å². The summed E-state index contributed by atoms with van der Waals surface area (Å²) in [6, 6.07) is 18.6. The minimum absolute atomic E-state index is 0.0118. The Balaban J connectivity index is 1.62. The number of carbonyl (C=O) groups is 1. The van der Waals surface area contributed by atoms with E-state index in [1.807, 2.05) is 25.1 Å². The van der Waals surface area contributed by atoms with Gasteiger partial charge < -0.3 is 19.6 Å². The number of ether oxygens (including phenoxy) is 2.